The standard InChI is InChI=1S/C116H154N4O6S8Si2/c1-13-25-33-37-41-45-65-135(66-46-42-38-34-26-14-2)99-69-86-100(70-85(99)111-101(135)71-97(133-111)91-59-63-95(131-91)109-105-103(113(123)119(109)75-81(23-11)51-31-19-7)107(117(115(105)125)73-79(21-9)49-29-17-5)93-61-57-89(129-93)87-55-53-83(77-121)127-87)136(67-47-43-39-35-27-15-3,68-48-44-40-36-28-16-4)102-72-98(134-112(86)102)92-60-64-96(132-92)110-106-104(114(124)120(110)76-82(24-12)52-32-20-8)108(118(116(106)126)74-80(22-10)50-30-18-6)94-62-58-90(130-94)88-56-54-84(78-122)128-88/h53-64,69-72,77-82H,13-52,65-68,73-76H2,1-12H3. The highest BCUT2D eigenvalue weighted by Gasteiger charge is 2.55. The fraction of sp³-hybridized carbons (Fsp3) is 0.552. The zero-order chi connectivity index (χ0) is 95.6. The van der Waals surface area contributed by atoms with Gasteiger partial charge in [0, 0.05) is 75.0 Å². The minimum absolute atomic E-state index is 0.0493. The summed E-state index contributed by atoms with van der Waals surface area (Å²) in [6.45, 7) is 29.7. The van der Waals surface area contributed by atoms with Crippen LogP contribution in [-0.4, -0.2) is 98.1 Å². The zero-order valence-corrected chi connectivity index (χ0v) is 92.7. The summed E-state index contributed by atoms with van der Waals surface area (Å²) < 4.78 is 0. The number of nitrogens with zero attached hydrogens (tertiary/aromatic N) is 4. The number of hydrogen-bond donors (Lipinski definition) is 0. The van der Waals surface area contributed by atoms with E-state index in [1.165, 1.54) is 230 Å². The summed E-state index contributed by atoms with van der Waals surface area (Å²) in [5.41, 5.74) is 8.50. The van der Waals surface area contributed by atoms with Crippen molar-refractivity contribution in [3.63, 3.8) is 0 Å². The molecule has 1 aromatic carbocycles. The Labute approximate surface area is 849 Å². The molecule has 730 valence electrons. The molecule has 8 aromatic heterocycles. The van der Waals surface area contributed by atoms with Gasteiger partial charge in [0.25, 0.3) is 23.6 Å². The van der Waals surface area contributed by atoms with Crippen LogP contribution in [0.25, 0.3) is 82.7 Å². The SMILES string of the molecule is CCCCCCCC[Si]1(CCCCCCCC)c2cc3c(cc2-c2sc(-c4ccc(C5=C6C(=O)N(CC(CC)CCCC)C(c7ccc(-c8ccc(C=O)s8)s7)=C6C(=O)N5CC(CC)CCCC)s4)cc21)[Si](CCCCCCCC)(CCCCCCCC)c1cc(-c2ccc(C4=C5C(=O)N(CC(CC)CCCC)C(c6ccc(-c7ccc(C=O)s7)s6)=C5C(=O)N4CC(CC)CCCC)s2)sc1-3. The second-order valence-electron chi connectivity index (χ2n) is 40.4. The molecule has 9 aromatic rings. The molecule has 6 aliphatic rings. The Bertz CT molecular complexity index is 5360. The van der Waals surface area contributed by atoms with Gasteiger partial charge in [-0.1, -0.05) is 326 Å². The predicted molar refractivity (Wildman–Crippen MR) is 596 cm³/mol. The Morgan fingerprint density at radius 2 is 0.478 bits per heavy atom. The fourth-order valence-electron chi connectivity index (χ4n) is 23.1. The summed E-state index contributed by atoms with van der Waals surface area (Å²) in [6.07, 6.45) is 48.6. The minimum atomic E-state index is -2.58. The van der Waals surface area contributed by atoms with Crippen LogP contribution in [0.1, 0.15) is 379 Å². The van der Waals surface area contributed by atoms with Crippen molar-refractivity contribution in [3.05, 3.63) is 149 Å². The maximum Gasteiger partial charge on any atom is 0.261 e. The number of fused-ring (bicyclic) bond motifs is 8. The molecule has 0 spiro atoms. The molecule has 14 heterocycles. The molecular weight excluding hydrogens is 1860 g/mol. The summed E-state index contributed by atoms with van der Waals surface area (Å²) in [6, 6.07) is 41.9. The summed E-state index contributed by atoms with van der Waals surface area (Å²) in [5.74, 6) is 0.880. The van der Waals surface area contributed by atoms with E-state index in [4.69, 9.17) is 0 Å². The van der Waals surface area contributed by atoms with Crippen molar-refractivity contribution in [1.82, 2.24) is 19.6 Å². The van der Waals surface area contributed by atoms with Crippen molar-refractivity contribution in [1.29, 1.82) is 0 Å². The van der Waals surface area contributed by atoms with Gasteiger partial charge in [0.05, 0.1) is 74.3 Å². The first-order chi connectivity index (χ1) is 66.5. The summed E-state index contributed by atoms with van der Waals surface area (Å²) >= 11 is 14.0. The number of thiophene rings is 8. The third kappa shape index (κ3) is 22.1. The second-order valence-corrected chi connectivity index (χ2v) is 57.6. The largest absolute Gasteiger partial charge is 0.306 e. The van der Waals surface area contributed by atoms with E-state index in [2.05, 4.69) is 188 Å². The van der Waals surface area contributed by atoms with Crippen molar-refractivity contribution in [3.8, 4) is 59.9 Å². The average Bonchev–Trinajstić information content (AvgIpc) is 1.52. The van der Waals surface area contributed by atoms with Crippen LogP contribution in [0.3, 0.4) is 0 Å². The van der Waals surface area contributed by atoms with Crippen molar-refractivity contribution in [2.24, 2.45) is 23.7 Å². The summed E-state index contributed by atoms with van der Waals surface area (Å²) in [5, 5.41) is 6.73. The van der Waals surface area contributed by atoms with Gasteiger partial charge in [-0.25, -0.2) is 0 Å². The predicted octanol–water partition coefficient (Wildman–Crippen LogP) is 33.5. The Hall–Kier alpha value is -6.57. The zero-order valence-electron chi connectivity index (χ0n) is 84.1. The van der Waals surface area contributed by atoms with Crippen LogP contribution in [0.4, 0.5) is 0 Å². The molecule has 0 N–H and O–H groups in total. The van der Waals surface area contributed by atoms with Crippen LogP contribution in [-0.2, 0) is 19.2 Å². The van der Waals surface area contributed by atoms with E-state index in [1.54, 1.807) is 54.5 Å². The number of carbonyl (C=O) groups excluding carboxylic acids is 6. The molecule has 0 saturated heterocycles. The van der Waals surface area contributed by atoms with E-state index >= 15 is 19.2 Å². The molecule has 136 heavy (non-hydrogen) atoms. The topological polar surface area (TPSA) is 115 Å². The first-order valence-corrected chi connectivity index (χ1v) is 65.1. The van der Waals surface area contributed by atoms with Gasteiger partial charge in [-0.3, -0.25) is 28.8 Å². The molecule has 4 unspecified atom stereocenters. The fourth-order valence-corrected chi connectivity index (χ4v) is 44.3. The van der Waals surface area contributed by atoms with E-state index < -0.39 is 16.1 Å². The Balaban J connectivity index is 0.895. The van der Waals surface area contributed by atoms with Crippen molar-refractivity contribution in [2.45, 2.75) is 364 Å². The maximum atomic E-state index is 16.3. The van der Waals surface area contributed by atoms with Gasteiger partial charge in [-0.05, 0) is 190 Å². The number of amides is 4. The molecule has 0 bridgehead atoms. The third-order valence-corrected chi connectivity index (χ3v) is 51.6. The first-order valence-electron chi connectivity index (χ1n) is 53.8. The van der Waals surface area contributed by atoms with E-state index in [1.807, 2.05) is 56.7 Å². The van der Waals surface area contributed by atoms with E-state index in [0.29, 0.717) is 58.2 Å². The Kier molecular flexibility index (Phi) is 37.7. The number of carbonyl (C=O) groups is 6. The smallest absolute Gasteiger partial charge is 0.261 e. The number of benzene rings is 1. The van der Waals surface area contributed by atoms with Gasteiger partial charge in [0.2, 0.25) is 0 Å². The molecule has 0 fully saturated rings. The highest BCUT2D eigenvalue weighted by molar-refractivity contribution is 7.29. The second kappa shape index (κ2) is 49.4. The highest BCUT2D eigenvalue weighted by Crippen LogP contribution is 2.57. The molecule has 0 radical (unpaired) electrons. The summed E-state index contributed by atoms with van der Waals surface area (Å²) in [4.78, 5) is 115. The lowest BCUT2D eigenvalue weighted by atomic mass is 9.98. The number of aldehydes is 2. The van der Waals surface area contributed by atoms with Crippen molar-refractivity contribution >= 4 is 187 Å². The lowest BCUT2D eigenvalue weighted by Gasteiger charge is -2.32. The molecular formula is C116H154N4O6S8Si2. The van der Waals surface area contributed by atoms with Gasteiger partial charge in [-0.15, -0.1) is 90.7 Å². The minimum Gasteiger partial charge on any atom is -0.306 e. The van der Waals surface area contributed by atoms with Gasteiger partial charge >= 0.3 is 0 Å². The maximum absolute atomic E-state index is 16.3. The van der Waals surface area contributed by atoms with Gasteiger partial charge in [-0.2, -0.15) is 0 Å². The number of hydrogen-bond acceptors (Lipinski definition) is 14. The molecule has 20 heteroatoms. The van der Waals surface area contributed by atoms with Gasteiger partial charge in [0.15, 0.2) is 12.6 Å². The van der Waals surface area contributed by atoms with Gasteiger partial charge in [0.1, 0.15) is 16.1 Å². The molecule has 15 rings (SSSR count). The lowest BCUT2D eigenvalue weighted by Crippen LogP contribution is -2.56. The quantitative estimate of drug-likeness (QED) is 0.0213. The van der Waals surface area contributed by atoms with Crippen molar-refractivity contribution < 1.29 is 28.8 Å². The highest BCUT2D eigenvalue weighted by atomic mass is 32.1. The average molecular weight is 2010 g/mol. The molecule has 6 aliphatic heterocycles. The van der Waals surface area contributed by atoms with E-state index in [0.717, 1.165) is 177 Å². The van der Waals surface area contributed by atoms with Crippen LogP contribution in [0.15, 0.2) is 119 Å². The van der Waals surface area contributed by atoms with Crippen LogP contribution in [0.5, 0.6) is 0 Å². The van der Waals surface area contributed by atoms with Crippen LogP contribution in [0.2, 0.25) is 24.2 Å². The van der Waals surface area contributed by atoms with Crippen LogP contribution >= 0.6 is 90.7 Å². The van der Waals surface area contributed by atoms with Crippen molar-refractivity contribution in [2.75, 3.05) is 26.2 Å². The van der Waals surface area contributed by atoms with Crippen LogP contribution in [0, 0.1) is 23.7 Å². The molecule has 0 saturated carbocycles. The molecule has 0 aliphatic carbocycles. The van der Waals surface area contributed by atoms with Crippen LogP contribution < -0.4 is 20.7 Å². The molecule has 4 atom stereocenters. The number of unbranched alkanes of at least 4 members (excludes halogenated alkanes) is 24. The Morgan fingerprint density at radius 1 is 0.250 bits per heavy atom. The lowest BCUT2D eigenvalue weighted by molar-refractivity contribution is -0.124. The first kappa shape index (κ1) is 104. The normalized spacial score (nSPS) is 16.3. The monoisotopic (exact) mass is 2010 g/mol. The molecule has 10 nitrogen and oxygen atoms in total. The Morgan fingerprint density at radius 3 is 0.721 bits per heavy atom. The van der Waals surface area contributed by atoms with E-state index in [9.17, 15) is 9.59 Å². The summed E-state index contributed by atoms with van der Waals surface area (Å²) in [7, 11) is -5.15. The van der Waals surface area contributed by atoms with Gasteiger partial charge < -0.3 is 19.6 Å². The molecule has 4 amide bonds. The number of rotatable bonds is 62. The van der Waals surface area contributed by atoms with E-state index in [-0.39, 0.29) is 47.3 Å². The third-order valence-electron chi connectivity index (χ3n) is 31.1.